The number of hydrogen-bond donors (Lipinski definition) is 0. The molecule has 0 aliphatic heterocycles. The monoisotopic (exact) mass is 553 g/mol. The second-order valence-corrected chi connectivity index (χ2v) is 11.2. The predicted octanol–water partition coefficient (Wildman–Crippen LogP) is 6.56. The van der Waals surface area contributed by atoms with Crippen molar-refractivity contribution in [2.45, 2.75) is 63.4 Å². The first kappa shape index (κ1) is 26.9. The Hall–Kier alpha value is -4.26. The van der Waals surface area contributed by atoms with Gasteiger partial charge in [-0.15, -0.1) is 0 Å². The smallest absolute Gasteiger partial charge is 0.343 e. The zero-order valence-corrected chi connectivity index (χ0v) is 23.2. The molecule has 2 aromatic carbocycles. The number of nitrogens with zero attached hydrogens (tertiary/aromatic N) is 1. The number of fused-ring (bicyclic) bond motifs is 1. The van der Waals surface area contributed by atoms with Crippen molar-refractivity contribution in [1.29, 1.82) is 0 Å². The average Bonchev–Trinajstić information content (AvgIpc) is 3.91. The summed E-state index contributed by atoms with van der Waals surface area (Å²) in [6.45, 7) is 3.63. The first-order valence-corrected chi connectivity index (χ1v) is 14.2. The number of esters is 2. The molecule has 0 radical (unpaired) electrons. The van der Waals surface area contributed by atoms with Gasteiger partial charge in [-0.05, 0) is 73.8 Å². The van der Waals surface area contributed by atoms with Crippen LogP contribution < -0.4 is 5.56 Å². The number of carbonyl (C=O) groups excluding carboxylic acids is 2. The molecule has 0 unspecified atom stereocenters. The Balaban J connectivity index is 1.37. The highest BCUT2D eigenvalue weighted by atomic mass is 19.1. The van der Waals surface area contributed by atoms with Crippen LogP contribution in [-0.4, -0.2) is 22.9 Å². The molecule has 0 N–H and O–H groups in total. The van der Waals surface area contributed by atoms with Crippen molar-refractivity contribution in [2.75, 3.05) is 6.61 Å². The van der Waals surface area contributed by atoms with Gasteiger partial charge >= 0.3 is 11.9 Å². The van der Waals surface area contributed by atoms with E-state index < -0.39 is 34.8 Å². The van der Waals surface area contributed by atoms with Crippen LogP contribution in [0.5, 0.6) is 0 Å². The van der Waals surface area contributed by atoms with Gasteiger partial charge in [0.1, 0.15) is 11.4 Å². The van der Waals surface area contributed by atoms with Crippen LogP contribution in [0.4, 0.5) is 4.39 Å². The fourth-order valence-electron chi connectivity index (χ4n) is 6.06. The highest BCUT2D eigenvalue weighted by Gasteiger charge is 2.50. The molecule has 2 saturated carbocycles. The van der Waals surface area contributed by atoms with Gasteiger partial charge in [0.05, 0.1) is 18.5 Å². The minimum Gasteiger partial charge on any atom is -0.462 e. The lowest BCUT2D eigenvalue weighted by molar-refractivity contribution is -0.148. The van der Waals surface area contributed by atoms with E-state index in [1.54, 1.807) is 13.0 Å². The number of halogens is 1. The molecule has 2 aromatic heterocycles. The molecule has 7 heteroatoms. The van der Waals surface area contributed by atoms with Gasteiger partial charge in [0.15, 0.2) is 6.10 Å². The van der Waals surface area contributed by atoms with Crippen molar-refractivity contribution >= 4 is 17.5 Å². The number of benzene rings is 2. The molecule has 2 aliphatic carbocycles. The van der Waals surface area contributed by atoms with Gasteiger partial charge in [0.2, 0.25) is 0 Å². The quantitative estimate of drug-likeness (QED) is 0.220. The van der Waals surface area contributed by atoms with E-state index >= 15 is 4.39 Å². The van der Waals surface area contributed by atoms with Crippen molar-refractivity contribution in [1.82, 2.24) is 4.40 Å². The molecule has 41 heavy (non-hydrogen) atoms. The Labute approximate surface area is 237 Å². The Kier molecular flexibility index (Phi) is 6.98. The maximum Gasteiger partial charge on any atom is 0.343 e. The third-order valence-corrected chi connectivity index (χ3v) is 8.31. The summed E-state index contributed by atoms with van der Waals surface area (Å²) in [5.41, 5.74) is 2.87. The summed E-state index contributed by atoms with van der Waals surface area (Å²) in [6, 6.07) is 20.8. The van der Waals surface area contributed by atoms with Crippen LogP contribution in [0.1, 0.15) is 89.2 Å². The first-order valence-electron chi connectivity index (χ1n) is 14.2. The van der Waals surface area contributed by atoms with Gasteiger partial charge in [0.25, 0.3) is 5.56 Å². The predicted molar refractivity (Wildman–Crippen MR) is 153 cm³/mol. The molecule has 2 heterocycles. The Morgan fingerprint density at radius 3 is 2.17 bits per heavy atom. The van der Waals surface area contributed by atoms with Gasteiger partial charge < -0.3 is 9.47 Å². The molecule has 210 valence electrons. The van der Waals surface area contributed by atoms with Crippen LogP contribution in [0.25, 0.3) is 5.52 Å². The third-order valence-electron chi connectivity index (χ3n) is 8.31. The summed E-state index contributed by atoms with van der Waals surface area (Å²) in [5.74, 6) is -1.48. The number of hydrogen-bond acceptors (Lipinski definition) is 5. The lowest BCUT2D eigenvalue weighted by Gasteiger charge is -2.24. The van der Waals surface area contributed by atoms with E-state index in [1.165, 1.54) is 10.6 Å². The molecule has 0 bridgehead atoms. The Bertz CT molecular complexity index is 1650. The van der Waals surface area contributed by atoms with Crippen LogP contribution in [-0.2, 0) is 19.7 Å². The summed E-state index contributed by atoms with van der Waals surface area (Å²) in [6.07, 6.45) is 3.77. The Morgan fingerprint density at radius 1 is 1.02 bits per heavy atom. The SMILES string of the molecule is CCOC(=O)c1cc(C2CC2)c2c(C)c(C3(CC(=O)OC(c4ccccc4)c4ccccc4)CC3)c(F)cn2c1=O. The summed E-state index contributed by atoms with van der Waals surface area (Å²) < 4.78 is 28.4. The van der Waals surface area contributed by atoms with E-state index in [-0.39, 0.29) is 24.5 Å². The van der Waals surface area contributed by atoms with Gasteiger partial charge in [-0.3, -0.25) is 14.0 Å². The van der Waals surface area contributed by atoms with E-state index in [1.807, 2.05) is 67.6 Å². The zero-order chi connectivity index (χ0) is 28.7. The van der Waals surface area contributed by atoms with E-state index in [0.717, 1.165) is 29.5 Å². The van der Waals surface area contributed by atoms with Gasteiger partial charge in [-0.25, -0.2) is 9.18 Å². The molecular weight excluding hydrogens is 521 g/mol. The molecule has 4 aromatic rings. The molecule has 0 atom stereocenters. The van der Waals surface area contributed by atoms with Crippen molar-refractivity contribution in [2.24, 2.45) is 0 Å². The van der Waals surface area contributed by atoms with E-state index in [4.69, 9.17) is 9.47 Å². The van der Waals surface area contributed by atoms with Crippen molar-refractivity contribution < 1.29 is 23.5 Å². The number of ether oxygens (including phenoxy) is 2. The van der Waals surface area contributed by atoms with E-state index in [0.29, 0.717) is 29.5 Å². The number of carbonyl (C=O) groups is 2. The lowest BCUT2D eigenvalue weighted by atomic mass is 9.87. The minimum atomic E-state index is -0.707. The molecule has 2 fully saturated rings. The molecular formula is C34H32FNO5. The molecule has 2 aliphatic rings. The van der Waals surface area contributed by atoms with E-state index in [2.05, 4.69) is 0 Å². The fraction of sp³-hybridized carbons (Fsp3) is 0.324. The minimum absolute atomic E-state index is 0.0288. The lowest BCUT2D eigenvalue weighted by Crippen LogP contribution is -2.27. The molecule has 6 rings (SSSR count). The van der Waals surface area contributed by atoms with Crippen LogP contribution >= 0.6 is 0 Å². The summed E-state index contributed by atoms with van der Waals surface area (Å²) >= 11 is 0. The second-order valence-electron chi connectivity index (χ2n) is 11.2. The number of rotatable bonds is 9. The maximum atomic E-state index is 15.9. The van der Waals surface area contributed by atoms with Crippen LogP contribution in [0, 0.1) is 12.7 Å². The van der Waals surface area contributed by atoms with Gasteiger partial charge in [-0.2, -0.15) is 0 Å². The van der Waals surface area contributed by atoms with Crippen LogP contribution in [0.15, 0.2) is 77.7 Å². The molecule has 0 amide bonds. The van der Waals surface area contributed by atoms with Crippen molar-refractivity contribution in [3.8, 4) is 0 Å². The Morgan fingerprint density at radius 2 is 1.63 bits per heavy atom. The number of pyridine rings is 2. The third kappa shape index (κ3) is 5.05. The first-order chi connectivity index (χ1) is 19.8. The number of aromatic nitrogens is 1. The number of aryl methyl sites for hydroxylation is 1. The zero-order valence-electron chi connectivity index (χ0n) is 23.2. The second kappa shape index (κ2) is 10.6. The molecule has 0 spiro atoms. The topological polar surface area (TPSA) is 74.1 Å². The van der Waals surface area contributed by atoms with Crippen LogP contribution in [0.2, 0.25) is 0 Å². The largest absolute Gasteiger partial charge is 0.462 e. The standard InChI is InChI=1S/C34H32FNO5/c1-3-40-33(39)26-18-25(22-14-15-22)30-21(2)29(27(35)20-36(30)32(26)38)34(16-17-34)19-28(37)41-31(23-10-6-4-7-11-23)24-12-8-5-9-13-24/h4-13,18,20,22,31H,3,14-17,19H2,1-2H3. The average molecular weight is 554 g/mol. The van der Waals surface area contributed by atoms with Crippen LogP contribution in [0.3, 0.4) is 0 Å². The molecule has 6 nitrogen and oxygen atoms in total. The van der Waals surface area contributed by atoms with E-state index in [9.17, 15) is 14.4 Å². The van der Waals surface area contributed by atoms with Crippen molar-refractivity contribution in [3.63, 3.8) is 0 Å². The highest BCUT2D eigenvalue weighted by molar-refractivity contribution is 5.90. The highest BCUT2D eigenvalue weighted by Crippen LogP contribution is 2.54. The maximum absolute atomic E-state index is 15.9. The summed E-state index contributed by atoms with van der Waals surface area (Å²) in [7, 11) is 0. The van der Waals surface area contributed by atoms with Crippen molar-refractivity contribution in [3.05, 3.63) is 122 Å². The fourth-order valence-corrected chi connectivity index (χ4v) is 6.06. The molecule has 0 saturated heterocycles. The van der Waals surface area contributed by atoms with Gasteiger partial charge in [0, 0.05) is 17.2 Å². The van der Waals surface area contributed by atoms with Gasteiger partial charge in [-0.1, -0.05) is 60.7 Å². The normalized spacial score (nSPS) is 15.6. The summed E-state index contributed by atoms with van der Waals surface area (Å²) in [5, 5.41) is 0. The summed E-state index contributed by atoms with van der Waals surface area (Å²) in [4.78, 5) is 39.3.